The molecule has 0 aliphatic heterocycles. The molecule has 0 spiro atoms. The number of imidazole rings is 1. The molecule has 0 fully saturated rings. The first kappa shape index (κ1) is 18.2. The van der Waals surface area contributed by atoms with Crippen LogP contribution in [-0.2, 0) is 7.05 Å². The van der Waals surface area contributed by atoms with Gasteiger partial charge in [0.2, 0.25) is 0 Å². The number of aromatic nitrogens is 2. The van der Waals surface area contributed by atoms with Crippen LogP contribution in [0, 0.1) is 0 Å². The van der Waals surface area contributed by atoms with Gasteiger partial charge in [-0.15, -0.1) is 11.3 Å². The van der Waals surface area contributed by atoms with Gasteiger partial charge >= 0.3 is 0 Å². The lowest BCUT2D eigenvalue weighted by molar-refractivity contribution is 0.102. The van der Waals surface area contributed by atoms with Crippen LogP contribution < -0.4 is 5.32 Å². The van der Waals surface area contributed by atoms with Gasteiger partial charge < -0.3 is 15.0 Å². The first-order chi connectivity index (χ1) is 13.6. The molecule has 0 aliphatic carbocycles. The quantitative estimate of drug-likeness (QED) is 0.529. The summed E-state index contributed by atoms with van der Waals surface area (Å²) < 4.78 is 1.88. The van der Waals surface area contributed by atoms with Gasteiger partial charge in [-0.05, 0) is 35.2 Å². The van der Waals surface area contributed by atoms with E-state index in [2.05, 4.69) is 10.3 Å². The lowest BCUT2D eigenvalue weighted by Crippen LogP contribution is -2.14. The van der Waals surface area contributed by atoms with E-state index in [0.29, 0.717) is 11.3 Å². The molecular weight excluding hydrogens is 370 g/mol. The summed E-state index contributed by atoms with van der Waals surface area (Å²) in [6.45, 7) is 0. The van der Waals surface area contributed by atoms with Gasteiger partial charge in [0.15, 0.2) is 0 Å². The number of aliphatic hydroxyl groups excluding tert-OH is 1. The Kier molecular flexibility index (Phi) is 5.06. The van der Waals surface area contributed by atoms with Crippen LogP contribution in [0.15, 0.2) is 78.4 Å². The summed E-state index contributed by atoms with van der Waals surface area (Å²) in [6, 6.07) is 18.5. The Hall–Kier alpha value is -3.22. The number of carbonyl (C=O) groups excluding carboxylic acids is 1. The second kappa shape index (κ2) is 7.80. The minimum atomic E-state index is -0.658. The molecule has 6 heteroatoms. The van der Waals surface area contributed by atoms with Gasteiger partial charge in [0, 0.05) is 35.6 Å². The SMILES string of the molecule is Cn1ccnc1-c1ccccc1C(=O)Nc1ccc([C@@H](O)c2cccs2)cc1. The molecule has 0 unspecified atom stereocenters. The predicted molar refractivity (Wildman–Crippen MR) is 111 cm³/mol. The van der Waals surface area contributed by atoms with Crippen molar-refractivity contribution in [3.05, 3.63) is 94.4 Å². The van der Waals surface area contributed by atoms with Crippen LogP contribution in [0.2, 0.25) is 0 Å². The molecule has 0 radical (unpaired) electrons. The number of hydrogen-bond donors (Lipinski definition) is 2. The molecule has 28 heavy (non-hydrogen) atoms. The van der Waals surface area contributed by atoms with Gasteiger partial charge in [-0.1, -0.05) is 36.4 Å². The average Bonchev–Trinajstić information content (AvgIpc) is 3.40. The number of amides is 1. The van der Waals surface area contributed by atoms with Gasteiger partial charge in [-0.25, -0.2) is 4.98 Å². The number of thiophene rings is 1. The predicted octanol–water partition coefficient (Wildman–Crippen LogP) is 4.48. The molecule has 4 aromatic rings. The number of carbonyl (C=O) groups is 1. The molecule has 2 N–H and O–H groups in total. The Balaban J connectivity index is 1.54. The molecule has 2 heterocycles. The van der Waals surface area contributed by atoms with E-state index < -0.39 is 6.10 Å². The highest BCUT2D eigenvalue weighted by molar-refractivity contribution is 7.10. The third kappa shape index (κ3) is 3.60. The van der Waals surface area contributed by atoms with Crippen molar-refractivity contribution in [1.82, 2.24) is 9.55 Å². The van der Waals surface area contributed by atoms with E-state index in [1.807, 2.05) is 65.7 Å². The minimum Gasteiger partial charge on any atom is -0.383 e. The van der Waals surface area contributed by atoms with Crippen LogP contribution in [0.5, 0.6) is 0 Å². The van der Waals surface area contributed by atoms with E-state index >= 15 is 0 Å². The van der Waals surface area contributed by atoms with Crippen molar-refractivity contribution in [1.29, 1.82) is 0 Å². The second-order valence-corrected chi connectivity index (χ2v) is 7.38. The van der Waals surface area contributed by atoms with Crippen molar-refractivity contribution in [3.8, 4) is 11.4 Å². The number of hydrogen-bond acceptors (Lipinski definition) is 4. The molecule has 0 bridgehead atoms. The standard InChI is InChI=1S/C22H19N3O2S/c1-25-13-12-23-21(25)17-5-2-3-6-18(17)22(27)24-16-10-8-15(9-11-16)20(26)19-7-4-14-28-19/h2-14,20,26H,1H3,(H,24,27)/t20-/m1/s1. The zero-order chi connectivity index (χ0) is 19.5. The van der Waals surface area contributed by atoms with Crippen molar-refractivity contribution < 1.29 is 9.90 Å². The fourth-order valence-corrected chi connectivity index (χ4v) is 3.80. The number of benzene rings is 2. The summed E-state index contributed by atoms with van der Waals surface area (Å²) in [7, 11) is 1.90. The molecule has 2 aromatic carbocycles. The average molecular weight is 389 g/mol. The summed E-state index contributed by atoms with van der Waals surface area (Å²) in [4.78, 5) is 18.1. The molecule has 2 aromatic heterocycles. The zero-order valence-electron chi connectivity index (χ0n) is 15.2. The number of aliphatic hydroxyl groups is 1. The Morgan fingerprint density at radius 2 is 1.89 bits per heavy atom. The number of rotatable bonds is 5. The zero-order valence-corrected chi connectivity index (χ0v) is 16.1. The fraction of sp³-hybridized carbons (Fsp3) is 0.0909. The second-order valence-electron chi connectivity index (χ2n) is 6.40. The Morgan fingerprint density at radius 1 is 1.11 bits per heavy atom. The Labute approximate surface area is 166 Å². The highest BCUT2D eigenvalue weighted by atomic mass is 32.1. The first-order valence-corrected chi connectivity index (χ1v) is 9.71. The minimum absolute atomic E-state index is 0.204. The summed E-state index contributed by atoms with van der Waals surface area (Å²) >= 11 is 1.51. The molecule has 4 rings (SSSR count). The smallest absolute Gasteiger partial charge is 0.256 e. The van der Waals surface area contributed by atoms with Gasteiger partial charge in [-0.2, -0.15) is 0 Å². The molecule has 1 atom stereocenters. The van der Waals surface area contributed by atoms with Gasteiger partial charge in [0.05, 0.1) is 5.56 Å². The number of nitrogens with one attached hydrogen (secondary N) is 1. The normalized spacial score (nSPS) is 11.9. The summed E-state index contributed by atoms with van der Waals surface area (Å²) in [5, 5.41) is 15.3. The lowest BCUT2D eigenvalue weighted by Gasteiger charge is -2.12. The van der Waals surface area contributed by atoms with Crippen LogP contribution in [0.25, 0.3) is 11.4 Å². The van der Waals surface area contributed by atoms with Crippen LogP contribution >= 0.6 is 11.3 Å². The topological polar surface area (TPSA) is 67.2 Å². The number of anilines is 1. The van der Waals surface area contributed by atoms with Crippen molar-refractivity contribution in [2.75, 3.05) is 5.32 Å². The van der Waals surface area contributed by atoms with Crippen LogP contribution in [0.4, 0.5) is 5.69 Å². The molecule has 0 saturated heterocycles. The van der Waals surface area contributed by atoms with Crippen molar-refractivity contribution in [2.24, 2.45) is 7.05 Å². The van der Waals surface area contributed by atoms with Gasteiger partial charge in [0.25, 0.3) is 5.91 Å². The van der Waals surface area contributed by atoms with Crippen LogP contribution in [0.1, 0.15) is 26.9 Å². The lowest BCUT2D eigenvalue weighted by atomic mass is 10.1. The molecular formula is C22H19N3O2S. The van der Waals surface area contributed by atoms with E-state index in [1.165, 1.54) is 11.3 Å². The largest absolute Gasteiger partial charge is 0.383 e. The Morgan fingerprint density at radius 3 is 2.57 bits per heavy atom. The highest BCUT2D eigenvalue weighted by Gasteiger charge is 2.16. The maximum absolute atomic E-state index is 12.9. The fourth-order valence-electron chi connectivity index (χ4n) is 3.06. The third-order valence-corrected chi connectivity index (χ3v) is 5.46. The van der Waals surface area contributed by atoms with Crippen LogP contribution in [-0.4, -0.2) is 20.6 Å². The van der Waals surface area contributed by atoms with E-state index in [9.17, 15) is 9.90 Å². The van der Waals surface area contributed by atoms with Crippen LogP contribution in [0.3, 0.4) is 0 Å². The highest BCUT2D eigenvalue weighted by Crippen LogP contribution is 2.27. The summed E-state index contributed by atoms with van der Waals surface area (Å²) in [5.74, 6) is 0.533. The van der Waals surface area contributed by atoms with Gasteiger partial charge in [-0.3, -0.25) is 4.79 Å². The Bertz CT molecular complexity index is 1090. The molecule has 1 amide bonds. The molecule has 140 valence electrons. The van der Waals surface area contributed by atoms with Crippen molar-refractivity contribution >= 4 is 22.9 Å². The molecule has 0 aliphatic rings. The van der Waals surface area contributed by atoms with E-state index in [0.717, 1.165) is 21.8 Å². The van der Waals surface area contributed by atoms with E-state index in [1.54, 1.807) is 24.4 Å². The monoisotopic (exact) mass is 389 g/mol. The molecule has 0 saturated carbocycles. The number of nitrogens with zero attached hydrogens (tertiary/aromatic N) is 2. The van der Waals surface area contributed by atoms with E-state index in [-0.39, 0.29) is 5.91 Å². The maximum atomic E-state index is 12.9. The maximum Gasteiger partial charge on any atom is 0.256 e. The van der Waals surface area contributed by atoms with Crippen molar-refractivity contribution in [3.63, 3.8) is 0 Å². The molecule has 5 nitrogen and oxygen atoms in total. The summed E-state index contributed by atoms with van der Waals surface area (Å²) in [5.41, 5.74) is 2.78. The first-order valence-electron chi connectivity index (χ1n) is 8.83. The van der Waals surface area contributed by atoms with Gasteiger partial charge in [0.1, 0.15) is 11.9 Å². The van der Waals surface area contributed by atoms with Crippen molar-refractivity contribution in [2.45, 2.75) is 6.10 Å². The number of aryl methyl sites for hydroxylation is 1. The summed E-state index contributed by atoms with van der Waals surface area (Å²) in [6.07, 6.45) is 2.90. The third-order valence-electron chi connectivity index (χ3n) is 4.53. The van der Waals surface area contributed by atoms with E-state index in [4.69, 9.17) is 0 Å².